The first-order valence-corrected chi connectivity index (χ1v) is 10.6. The summed E-state index contributed by atoms with van der Waals surface area (Å²) in [6, 6.07) is 9.23. The van der Waals surface area contributed by atoms with Crippen molar-refractivity contribution in [3.63, 3.8) is 0 Å². The molecule has 0 fully saturated rings. The first kappa shape index (κ1) is 19.4. The molecule has 1 atom stereocenters. The van der Waals surface area contributed by atoms with Gasteiger partial charge in [0.05, 0.1) is 22.6 Å². The average Bonchev–Trinajstić information content (AvgIpc) is 3.52. The molecule has 8 nitrogen and oxygen atoms in total. The van der Waals surface area contributed by atoms with Crippen LogP contribution in [0.15, 0.2) is 47.3 Å². The van der Waals surface area contributed by atoms with Gasteiger partial charge in [-0.1, -0.05) is 6.07 Å². The number of amides is 1. The highest BCUT2D eigenvalue weighted by Crippen LogP contribution is 2.35. The van der Waals surface area contributed by atoms with Crippen molar-refractivity contribution in [1.29, 1.82) is 0 Å². The van der Waals surface area contributed by atoms with Gasteiger partial charge in [0, 0.05) is 6.54 Å². The molecule has 4 aromatic rings. The Balaban J connectivity index is 1.37. The molecule has 0 radical (unpaired) electrons. The fourth-order valence-electron chi connectivity index (χ4n) is 3.53. The van der Waals surface area contributed by atoms with Gasteiger partial charge in [-0.25, -0.2) is 9.97 Å². The Bertz CT molecular complexity index is 1250. The Hall–Kier alpha value is -3.59. The van der Waals surface area contributed by atoms with Crippen molar-refractivity contribution in [2.75, 3.05) is 12.1 Å². The smallest absolute Gasteiger partial charge is 0.262 e. The first-order chi connectivity index (χ1) is 15.1. The molecule has 0 aliphatic carbocycles. The average molecular weight is 436 g/mol. The largest absolute Gasteiger partial charge is 0.467 e. The van der Waals surface area contributed by atoms with E-state index >= 15 is 0 Å². The Labute approximate surface area is 182 Å². The number of nitrogens with zero attached hydrogens (tertiary/aromatic N) is 2. The van der Waals surface area contributed by atoms with Gasteiger partial charge in [-0.15, -0.1) is 11.3 Å². The highest BCUT2D eigenvalue weighted by Gasteiger charge is 2.21. The third-order valence-electron chi connectivity index (χ3n) is 5.15. The number of hydrogen-bond donors (Lipinski definition) is 2. The highest BCUT2D eigenvalue weighted by molar-refractivity contribution is 7.20. The number of anilines is 1. The molecule has 1 aliphatic rings. The van der Waals surface area contributed by atoms with E-state index in [2.05, 4.69) is 20.6 Å². The first-order valence-electron chi connectivity index (χ1n) is 9.81. The highest BCUT2D eigenvalue weighted by atomic mass is 32.1. The van der Waals surface area contributed by atoms with E-state index in [-0.39, 0.29) is 18.7 Å². The van der Waals surface area contributed by atoms with Crippen LogP contribution < -0.4 is 20.1 Å². The maximum Gasteiger partial charge on any atom is 0.262 e. The lowest BCUT2D eigenvalue weighted by Crippen LogP contribution is -2.26. The molecule has 158 valence electrons. The molecule has 1 amide bonds. The zero-order valence-corrected chi connectivity index (χ0v) is 17.8. The molecule has 9 heteroatoms. The summed E-state index contributed by atoms with van der Waals surface area (Å²) in [5.41, 5.74) is 1.88. The van der Waals surface area contributed by atoms with Gasteiger partial charge >= 0.3 is 0 Å². The lowest BCUT2D eigenvalue weighted by molar-refractivity contribution is 0.0939. The van der Waals surface area contributed by atoms with Gasteiger partial charge < -0.3 is 24.5 Å². The van der Waals surface area contributed by atoms with E-state index in [0.29, 0.717) is 23.0 Å². The van der Waals surface area contributed by atoms with E-state index in [9.17, 15) is 4.79 Å². The second-order valence-corrected chi connectivity index (χ2v) is 8.21. The van der Waals surface area contributed by atoms with Gasteiger partial charge in [-0.3, -0.25) is 4.79 Å². The summed E-state index contributed by atoms with van der Waals surface area (Å²) < 4.78 is 16.2. The Morgan fingerprint density at radius 1 is 1.23 bits per heavy atom. The molecule has 1 aliphatic heterocycles. The van der Waals surface area contributed by atoms with E-state index in [1.54, 1.807) is 12.3 Å². The molecular weight excluding hydrogens is 416 g/mol. The minimum Gasteiger partial charge on any atom is -0.467 e. The van der Waals surface area contributed by atoms with Crippen molar-refractivity contribution in [2.45, 2.75) is 26.4 Å². The summed E-state index contributed by atoms with van der Waals surface area (Å²) in [7, 11) is 0. The zero-order valence-electron chi connectivity index (χ0n) is 17.0. The fraction of sp³-hybridized carbons (Fsp3) is 0.227. The van der Waals surface area contributed by atoms with Crippen LogP contribution in [0.2, 0.25) is 0 Å². The predicted molar refractivity (Wildman–Crippen MR) is 117 cm³/mol. The maximum absolute atomic E-state index is 12.9. The monoisotopic (exact) mass is 436 g/mol. The minimum atomic E-state index is -0.234. The van der Waals surface area contributed by atoms with Gasteiger partial charge in [0.1, 0.15) is 22.7 Å². The molecule has 3 aromatic heterocycles. The zero-order chi connectivity index (χ0) is 21.4. The predicted octanol–water partition coefficient (Wildman–Crippen LogP) is 4.42. The van der Waals surface area contributed by atoms with Crippen LogP contribution >= 0.6 is 11.3 Å². The number of hydrogen-bond acceptors (Lipinski definition) is 8. The number of aryl methyl sites for hydroxylation is 1. The number of benzene rings is 1. The van der Waals surface area contributed by atoms with Gasteiger partial charge in [-0.05, 0) is 49.2 Å². The number of carbonyl (C=O) groups excluding carboxylic acids is 1. The standard InChI is InChI=1S/C22H20N4O4S/c1-12-18-20(23-9-14-5-6-16-17(8-14)30-11-29-16)24-10-25-22(18)31-19(12)21(27)26-13(2)15-4-3-7-28-15/h3-8,10,13H,9,11H2,1-2H3,(H,26,27)(H,23,24,25). The van der Waals surface area contributed by atoms with Crippen molar-refractivity contribution in [2.24, 2.45) is 0 Å². The Morgan fingerprint density at radius 3 is 2.94 bits per heavy atom. The van der Waals surface area contributed by atoms with Gasteiger partial charge in [-0.2, -0.15) is 0 Å². The van der Waals surface area contributed by atoms with Crippen molar-refractivity contribution in [3.05, 3.63) is 64.7 Å². The van der Waals surface area contributed by atoms with Crippen LogP contribution in [-0.4, -0.2) is 22.7 Å². The molecule has 0 spiro atoms. The van der Waals surface area contributed by atoms with Crippen molar-refractivity contribution >= 4 is 33.3 Å². The third kappa shape index (κ3) is 3.68. The Morgan fingerprint density at radius 2 is 2.10 bits per heavy atom. The van der Waals surface area contributed by atoms with Gasteiger partial charge in [0.15, 0.2) is 11.5 Å². The number of carbonyl (C=O) groups is 1. The molecule has 5 rings (SSSR count). The second kappa shape index (κ2) is 7.92. The number of furan rings is 1. The molecule has 4 heterocycles. The summed E-state index contributed by atoms with van der Waals surface area (Å²) in [4.78, 5) is 23.1. The number of rotatable bonds is 6. The second-order valence-electron chi connectivity index (χ2n) is 7.21. The summed E-state index contributed by atoms with van der Waals surface area (Å²) in [5.74, 6) is 2.73. The summed E-state index contributed by atoms with van der Waals surface area (Å²) in [6.45, 7) is 4.60. The topological polar surface area (TPSA) is 98.5 Å². The minimum absolute atomic E-state index is 0.161. The number of ether oxygens (including phenoxy) is 2. The summed E-state index contributed by atoms with van der Waals surface area (Å²) in [6.07, 6.45) is 3.10. The molecule has 2 N–H and O–H groups in total. The van der Waals surface area contributed by atoms with E-state index in [1.165, 1.54) is 17.7 Å². The summed E-state index contributed by atoms with van der Waals surface area (Å²) >= 11 is 1.35. The van der Waals surface area contributed by atoms with Crippen LogP contribution in [0.25, 0.3) is 10.2 Å². The van der Waals surface area contributed by atoms with Crippen LogP contribution in [-0.2, 0) is 6.54 Å². The van der Waals surface area contributed by atoms with Gasteiger partial charge in [0.2, 0.25) is 6.79 Å². The number of aromatic nitrogens is 2. The van der Waals surface area contributed by atoms with Crippen molar-refractivity contribution < 1.29 is 18.7 Å². The summed E-state index contributed by atoms with van der Waals surface area (Å²) in [5, 5.41) is 7.20. The molecule has 1 unspecified atom stereocenters. The molecule has 31 heavy (non-hydrogen) atoms. The van der Waals surface area contributed by atoms with Crippen molar-refractivity contribution in [3.8, 4) is 11.5 Å². The van der Waals surface area contributed by atoms with E-state index in [4.69, 9.17) is 13.9 Å². The molecule has 0 saturated carbocycles. The molecular formula is C22H20N4O4S. The van der Waals surface area contributed by atoms with Crippen LogP contribution in [0.1, 0.15) is 39.5 Å². The fourth-order valence-corrected chi connectivity index (χ4v) is 4.58. The molecule has 0 bridgehead atoms. The molecule has 1 aromatic carbocycles. The number of fused-ring (bicyclic) bond motifs is 2. The maximum atomic E-state index is 12.9. The lowest BCUT2D eigenvalue weighted by atomic mass is 10.1. The quantitative estimate of drug-likeness (QED) is 0.461. The van der Waals surface area contributed by atoms with E-state index in [1.807, 2.05) is 38.1 Å². The third-order valence-corrected chi connectivity index (χ3v) is 6.35. The lowest BCUT2D eigenvalue weighted by Gasteiger charge is -2.11. The Kier molecular flexibility index (Phi) is 4.95. The van der Waals surface area contributed by atoms with Crippen LogP contribution in [0.5, 0.6) is 11.5 Å². The van der Waals surface area contributed by atoms with Crippen molar-refractivity contribution in [1.82, 2.24) is 15.3 Å². The van der Waals surface area contributed by atoms with Crippen LogP contribution in [0.4, 0.5) is 5.82 Å². The van der Waals surface area contributed by atoms with Crippen LogP contribution in [0, 0.1) is 6.92 Å². The number of thiophene rings is 1. The number of nitrogens with one attached hydrogen (secondary N) is 2. The van der Waals surface area contributed by atoms with E-state index < -0.39 is 0 Å². The van der Waals surface area contributed by atoms with Crippen LogP contribution in [0.3, 0.4) is 0 Å². The van der Waals surface area contributed by atoms with Gasteiger partial charge in [0.25, 0.3) is 5.91 Å². The SMILES string of the molecule is Cc1c(C(=O)NC(C)c2ccco2)sc2ncnc(NCc3ccc4c(c3)OCO4)c12. The van der Waals surface area contributed by atoms with E-state index in [0.717, 1.165) is 32.8 Å². The normalized spacial score (nSPS) is 13.4. The molecule has 0 saturated heterocycles.